The lowest BCUT2D eigenvalue weighted by molar-refractivity contribution is -0.117. The Morgan fingerprint density at radius 3 is 2.35 bits per heavy atom. The second-order valence-corrected chi connectivity index (χ2v) is 7.38. The lowest BCUT2D eigenvalue weighted by Crippen LogP contribution is -2.39. The van der Waals surface area contributed by atoms with E-state index in [9.17, 15) is 4.79 Å². The molecule has 0 bridgehead atoms. The number of rotatable bonds is 9. The fourth-order valence-electron chi connectivity index (χ4n) is 3.93. The van der Waals surface area contributed by atoms with Gasteiger partial charge in [0.1, 0.15) is 0 Å². The maximum Gasteiger partial charge on any atom is 0.238 e. The third-order valence-corrected chi connectivity index (χ3v) is 5.49. The van der Waals surface area contributed by atoms with Crippen LogP contribution in [-0.2, 0) is 11.2 Å². The van der Waals surface area contributed by atoms with Gasteiger partial charge in [0.05, 0.1) is 34.0 Å². The van der Waals surface area contributed by atoms with Crippen molar-refractivity contribution in [2.75, 3.05) is 45.8 Å². The number of anilines is 1. The van der Waals surface area contributed by atoms with E-state index in [2.05, 4.69) is 17.1 Å². The molecule has 0 fully saturated rings. The molecule has 1 aliphatic rings. The van der Waals surface area contributed by atoms with Crippen molar-refractivity contribution in [1.82, 2.24) is 4.90 Å². The van der Waals surface area contributed by atoms with E-state index < -0.39 is 0 Å². The first-order valence-electron chi connectivity index (χ1n) is 10.7. The Morgan fingerprint density at radius 1 is 1.00 bits per heavy atom. The summed E-state index contributed by atoms with van der Waals surface area (Å²) in [6.07, 6.45) is 0.852. The Balaban J connectivity index is 1.69. The average Bonchev–Trinajstić information content (AvgIpc) is 2.77. The number of benzene rings is 2. The van der Waals surface area contributed by atoms with Crippen molar-refractivity contribution in [3.05, 3.63) is 41.5 Å². The van der Waals surface area contributed by atoms with Crippen LogP contribution in [-0.4, -0.2) is 51.3 Å². The summed E-state index contributed by atoms with van der Waals surface area (Å²) in [6.45, 7) is 8.13. The summed E-state index contributed by atoms with van der Waals surface area (Å²) in [5, 5.41) is 2.98. The van der Waals surface area contributed by atoms with E-state index in [0.717, 1.165) is 24.3 Å². The molecule has 0 aromatic heterocycles. The Hall–Kier alpha value is -2.93. The minimum absolute atomic E-state index is 0.0672. The largest absolute Gasteiger partial charge is 0.493 e. The van der Waals surface area contributed by atoms with Gasteiger partial charge in [-0.3, -0.25) is 9.69 Å². The van der Waals surface area contributed by atoms with Crippen LogP contribution >= 0.6 is 0 Å². The van der Waals surface area contributed by atoms with Crippen molar-refractivity contribution in [2.24, 2.45) is 0 Å². The van der Waals surface area contributed by atoms with Crippen LogP contribution in [0.3, 0.4) is 0 Å². The van der Waals surface area contributed by atoms with Gasteiger partial charge in [-0.15, -0.1) is 0 Å². The molecule has 0 saturated carbocycles. The van der Waals surface area contributed by atoms with Crippen molar-refractivity contribution in [3.63, 3.8) is 0 Å². The van der Waals surface area contributed by atoms with E-state index in [1.807, 2.05) is 38.1 Å². The normalized spacial score (nSPS) is 15.7. The van der Waals surface area contributed by atoms with Crippen LogP contribution in [0.1, 0.15) is 37.9 Å². The molecular weight excluding hydrogens is 396 g/mol. The Bertz CT molecular complexity index is 915. The monoisotopic (exact) mass is 428 g/mol. The predicted molar refractivity (Wildman–Crippen MR) is 121 cm³/mol. The summed E-state index contributed by atoms with van der Waals surface area (Å²) < 4.78 is 22.1. The van der Waals surface area contributed by atoms with Gasteiger partial charge in [0.25, 0.3) is 0 Å². The van der Waals surface area contributed by atoms with E-state index in [-0.39, 0.29) is 11.9 Å². The van der Waals surface area contributed by atoms with Crippen LogP contribution in [0.4, 0.5) is 5.69 Å². The topological polar surface area (TPSA) is 69.3 Å². The summed E-state index contributed by atoms with van der Waals surface area (Å²) in [4.78, 5) is 14.9. The average molecular weight is 429 g/mol. The number of hydrogen-bond acceptors (Lipinski definition) is 6. The molecule has 1 N–H and O–H groups in total. The van der Waals surface area contributed by atoms with Crippen molar-refractivity contribution in [2.45, 2.75) is 33.2 Å². The number of methoxy groups -OCH3 is 2. The highest BCUT2D eigenvalue weighted by Crippen LogP contribution is 2.38. The van der Waals surface area contributed by atoms with Gasteiger partial charge in [-0.05, 0) is 62.6 Å². The third-order valence-electron chi connectivity index (χ3n) is 5.49. The number of ether oxygens (including phenoxy) is 4. The van der Waals surface area contributed by atoms with Crippen LogP contribution in [0.5, 0.6) is 23.0 Å². The van der Waals surface area contributed by atoms with Crippen LogP contribution in [0.25, 0.3) is 0 Å². The number of nitrogens with zero attached hydrogens (tertiary/aromatic N) is 1. The zero-order valence-corrected chi connectivity index (χ0v) is 19.0. The SMILES string of the molecule is CCOc1ccc(NC(=O)CN2CCc3cc(OC)c(OC)cc3[C@@H]2C)cc1OCC. The lowest BCUT2D eigenvalue weighted by atomic mass is 9.93. The van der Waals surface area contributed by atoms with Crippen molar-refractivity contribution < 1.29 is 23.7 Å². The number of amides is 1. The number of carbonyl (C=O) groups excluding carboxylic acids is 1. The van der Waals surface area contributed by atoms with Gasteiger partial charge in [-0.25, -0.2) is 0 Å². The molecule has 0 saturated heterocycles. The predicted octanol–water partition coefficient (Wildman–Crippen LogP) is 4.06. The molecule has 2 aromatic carbocycles. The van der Waals surface area contributed by atoms with Crippen molar-refractivity contribution >= 4 is 11.6 Å². The number of hydrogen-bond donors (Lipinski definition) is 1. The lowest BCUT2D eigenvalue weighted by Gasteiger charge is -2.35. The highest BCUT2D eigenvalue weighted by molar-refractivity contribution is 5.92. The number of nitrogens with one attached hydrogen (secondary N) is 1. The Kier molecular flexibility index (Phi) is 7.63. The molecule has 7 heteroatoms. The van der Waals surface area contributed by atoms with E-state index >= 15 is 0 Å². The fraction of sp³-hybridized carbons (Fsp3) is 0.458. The second-order valence-electron chi connectivity index (χ2n) is 7.38. The molecule has 2 aromatic rings. The van der Waals surface area contributed by atoms with Gasteiger partial charge >= 0.3 is 0 Å². The fourth-order valence-corrected chi connectivity index (χ4v) is 3.93. The number of fused-ring (bicyclic) bond motifs is 1. The summed E-state index contributed by atoms with van der Waals surface area (Å²) in [5.41, 5.74) is 3.08. The minimum atomic E-state index is -0.0672. The summed E-state index contributed by atoms with van der Waals surface area (Å²) in [5.74, 6) is 2.68. The second kappa shape index (κ2) is 10.4. The molecule has 0 spiro atoms. The number of carbonyl (C=O) groups is 1. The standard InChI is InChI=1S/C24H32N2O5/c1-6-30-20-9-8-18(13-23(20)31-7-2)25-24(27)15-26-11-10-17-12-21(28-4)22(29-5)14-19(17)16(26)3/h8-9,12-14,16H,6-7,10-11,15H2,1-5H3,(H,25,27)/t16-/m0/s1. The van der Waals surface area contributed by atoms with Gasteiger partial charge in [0.2, 0.25) is 5.91 Å². The molecule has 0 radical (unpaired) electrons. The van der Waals surface area contributed by atoms with E-state index in [4.69, 9.17) is 18.9 Å². The molecule has 0 aliphatic carbocycles. The first-order chi connectivity index (χ1) is 15.0. The van der Waals surface area contributed by atoms with Crippen LogP contribution < -0.4 is 24.3 Å². The van der Waals surface area contributed by atoms with Crippen LogP contribution in [0.15, 0.2) is 30.3 Å². The van der Waals surface area contributed by atoms with Gasteiger partial charge in [0.15, 0.2) is 23.0 Å². The van der Waals surface area contributed by atoms with Crippen molar-refractivity contribution in [3.8, 4) is 23.0 Å². The van der Waals surface area contributed by atoms with Crippen LogP contribution in [0.2, 0.25) is 0 Å². The Labute approximate surface area is 184 Å². The highest BCUT2D eigenvalue weighted by atomic mass is 16.5. The molecule has 1 amide bonds. The Morgan fingerprint density at radius 2 is 1.68 bits per heavy atom. The first-order valence-corrected chi connectivity index (χ1v) is 10.7. The maximum absolute atomic E-state index is 12.8. The molecule has 31 heavy (non-hydrogen) atoms. The molecule has 3 rings (SSSR count). The molecule has 168 valence electrons. The van der Waals surface area contributed by atoms with Gasteiger partial charge in [0, 0.05) is 24.3 Å². The van der Waals surface area contributed by atoms with Gasteiger partial charge in [-0.2, -0.15) is 0 Å². The van der Waals surface area contributed by atoms with Gasteiger partial charge in [-0.1, -0.05) is 0 Å². The molecule has 1 atom stereocenters. The molecule has 1 aliphatic heterocycles. The summed E-state index contributed by atoms with van der Waals surface area (Å²) >= 11 is 0. The first kappa shape index (κ1) is 22.7. The van der Waals surface area contributed by atoms with Gasteiger partial charge < -0.3 is 24.3 Å². The molecule has 1 heterocycles. The highest BCUT2D eigenvalue weighted by Gasteiger charge is 2.27. The third kappa shape index (κ3) is 5.22. The zero-order valence-electron chi connectivity index (χ0n) is 19.0. The van der Waals surface area contributed by atoms with E-state index in [0.29, 0.717) is 42.7 Å². The van der Waals surface area contributed by atoms with E-state index in [1.165, 1.54) is 5.56 Å². The van der Waals surface area contributed by atoms with E-state index in [1.54, 1.807) is 20.3 Å². The zero-order chi connectivity index (χ0) is 22.4. The molecule has 7 nitrogen and oxygen atoms in total. The smallest absolute Gasteiger partial charge is 0.238 e. The summed E-state index contributed by atoms with van der Waals surface area (Å²) in [6, 6.07) is 9.61. The minimum Gasteiger partial charge on any atom is -0.493 e. The quantitative estimate of drug-likeness (QED) is 0.650. The maximum atomic E-state index is 12.8. The summed E-state index contributed by atoms with van der Waals surface area (Å²) in [7, 11) is 3.28. The molecular formula is C24H32N2O5. The van der Waals surface area contributed by atoms with Crippen molar-refractivity contribution in [1.29, 1.82) is 0 Å². The van der Waals surface area contributed by atoms with Crippen LogP contribution in [0, 0.1) is 0 Å². The molecule has 0 unspecified atom stereocenters.